The van der Waals surface area contributed by atoms with E-state index < -0.39 is 0 Å². The minimum absolute atomic E-state index is 0.921. The third-order valence-corrected chi connectivity index (χ3v) is 1.46. The van der Waals surface area contributed by atoms with Crippen molar-refractivity contribution >= 4 is 24.1 Å². The van der Waals surface area contributed by atoms with E-state index in [1.807, 2.05) is 24.3 Å². The number of hydrogen-bond acceptors (Lipinski definition) is 3. The highest BCUT2D eigenvalue weighted by molar-refractivity contribution is 5.90. The Morgan fingerprint density at radius 1 is 1.18 bits per heavy atom. The van der Waals surface area contributed by atoms with Gasteiger partial charge in [-0.1, -0.05) is 12.1 Å². The van der Waals surface area contributed by atoms with Crippen molar-refractivity contribution in [3.05, 3.63) is 24.3 Å². The Bertz CT molecular complexity index is 315. The molecule has 0 amide bonds. The topological polar surface area (TPSA) is 36.8 Å². The van der Waals surface area contributed by atoms with Crippen LogP contribution in [0.15, 0.2) is 34.3 Å². The van der Waals surface area contributed by atoms with Gasteiger partial charge in [0.05, 0.1) is 17.7 Å². The number of para-hydroxylation sites is 2. The van der Waals surface area contributed by atoms with E-state index in [0.717, 1.165) is 11.4 Å². The molecule has 1 aliphatic rings. The van der Waals surface area contributed by atoms with Crippen molar-refractivity contribution in [2.24, 2.45) is 9.98 Å². The first-order valence-electron chi connectivity index (χ1n) is 3.36. The van der Waals surface area contributed by atoms with Gasteiger partial charge in [0.2, 0.25) is 0 Å². The van der Waals surface area contributed by atoms with Crippen LogP contribution in [0.25, 0.3) is 0 Å². The summed E-state index contributed by atoms with van der Waals surface area (Å²) in [5.41, 5.74) is 1.91. The fourth-order valence-corrected chi connectivity index (χ4v) is 0.944. The summed E-state index contributed by atoms with van der Waals surface area (Å²) >= 11 is 0. The van der Waals surface area contributed by atoms with Crippen LogP contribution in [0.3, 0.4) is 0 Å². The lowest BCUT2D eigenvalue weighted by Gasteiger charge is -1.99. The zero-order valence-corrected chi connectivity index (χ0v) is 5.86. The van der Waals surface area contributed by atoms with E-state index in [1.54, 1.807) is 6.34 Å². The van der Waals surface area contributed by atoms with E-state index in [9.17, 15) is 0 Å². The lowest BCUT2D eigenvalue weighted by molar-refractivity contribution is 1.53. The maximum atomic E-state index is 4.10. The molecule has 1 aromatic rings. The predicted octanol–water partition coefficient (Wildman–Crippen LogP) is 1.80. The minimum atomic E-state index is 0.921. The number of fused-ring (bicyclic) bond motifs is 1. The Morgan fingerprint density at radius 3 is 3.09 bits per heavy atom. The first-order valence-corrected chi connectivity index (χ1v) is 3.36. The average molecular weight is 145 g/mol. The molecule has 1 aromatic carbocycles. The molecule has 0 atom stereocenters. The molecule has 2 rings (SSSR count). The Balaban J connectivity index is 2.52. The molecule has 3 heteroatoms. The van der Waals surface area contributed by atoms with Crippen molar-refractivity contribution in [3.63, 3.8) is 0 Å². The maximum Gasteiger partial charge on any atom is 0.117 e. The zero-order chi connectivity index (χ0) is 7.52. The molecule has 0 aliphatic carbocycles. The molecule has 1 heterocycles. The molecular weight excluding hydrogens is 138 g/mol. The largest absolute Gasteiger partial charge is 0.345 e. The quantitative estimate of drug-likeness (QED) is 0.593. The first kappa shape index (κ1) is 6.09. The van der Waals surface area contributed by atoms with E-state index in [-0.39, 0.29) is 0 Å². The molecule has 3 nitrogen and oxygen atoms in total. The van der Waals surface area contributed by atoms with Gasteiger partial charge in [-0.05, 0) is 12.1 Å². The molecular formula is C8H7N3. The monoisotopic (exact) mass is 145 g/mol. The normalized spacial score (nSPS) is 13.5. The van der Waals surface area contributed by atoms with Crippen molar-refractivity contribution in [2.45, 2.75) is 0 Å². The molecule has 1 N–H and O–H groups in total. The minimum Gasteiger partial charge on any atom is -0.345 e. The molecule has 0 spiro atoms. The molecule has 0 saturated carbocycles. The van der Waals surface area contributed by atoms with Gasteiger partial charge >= 0.3 is 0 Å². The smallest absolute Gasteiger partial charge is 0.117 e. The fourth-order valence-electron chi connectivity index (χ4n) is 0.944. The highest BCUT2D eigenvalue weighted by atomic mass is 15.0. The van der Waals surface area contributed by atoms with Crippen LogP contribution in [0, 0.1) is 0 Å². The van der Waals surface area contributed by atoms with Crippen LogP contribution in [0.1, 0.15) is 0 Å². The standard InChI is InChI=1S/C8H7N3/c1-2-4-8-7(3-1)10-5-9-6-11-8/h1-6H,(H,9,10,11). The third-order valence-electron chi connectivity index (χ3n) is 1.46. The van der Waals surface area contributed by atoms with Crippen LogP contribution in [0.2, 0.25) is 0 Å². The van der Waals surface area contributed by atoms with Crippen LogP contribution in [-0.2, 0) is 0 Å². The lowest BCUT2D eigenvalue weighted by atomic mass is 10.3. The van der Waals surface area contributed by atoms with E-state index in [1.165, 1.54) is 6.34 Å². The van der Waals surface area contributed by atoms with E-state index in [0.29, 0.717) is 0 Å². The van der Waals surface area contributed by atoms with Gasteiger partial charge in [-0.15, -0.1) is 0 Å². The van der Waals surface area contributed by atoms with E-state index >= 15 is 0 Å². The van der Waals surface area contributed by atoms with Gasteiger partial charge in [0.1, 0.15) is 6.34 Å². The molecule has 0 aromatic heterocycles. The van der Waals surface area contributed by atoms with Gasteiger partial charge in [-0.2, -0.15) is 0 Å². The van der Waals surface area contributed by atoms with Gasteiger partial charge in [0, 0.05) is 0 Å². The van der Waals surface area contributed by atoms with Crippen LogP contribution in [-0.4, -0.2) is 12.7 Å². The van der Waals surface area contributed by atoms with Crippen LogP contribution < -0.4 is 5.32 Å². The number of nitrogens with one attached hydrogen (secondary N) is 1. The molecule has 0 fully saturated rings. The summed E-state index contributed by atoms with van der Waals surface area (Å²) in [6, 6.07) is 7.81. The lowest BCUT2D eigenvalue weighted by Crippen LogP contribution is -1.92. The summed E-state index contributed by atoms with van der Waals surface area (Å²) in [6.45, 7) is 0. The molecule has 0 saturated heterocycles. The molecule has 54 valence electrons. The van der Waals surface area contributed by atoms with Crippen molar-refractivity contribution in [1.82, 2.24) is 0 Å². The second-order valence-electron chi connectivity index (χ2n) is 2.18. The van der Waals surface area contributed by atoms with Crippen molar-refractivity contribution in [1.29, 1.82) is 0 Å². The number of aliphatic imine (C=N–C) groups is 2. The molecule has 1 aliphatic heterocycles. The summed E-state index contributed by atoms with van der Waals surface area (Å²) in [5.74, 6) is 0. The SMILES string of the molecule is C1=NC=Nc2ccccc2N1. The Kier molecular flexibility index (Phi) is 1.41. The number of rotatable bonds is 0. The van der Waals surface area contributed by atoms with Gasteiger partial charge in [-0.25, -0.2) is 9.98 Å². The summed E-state index contributed by atoms with van der Waals surface area (Å²) in [5, 5.41) is 3.01. The van der Waals surface area contributed by atoms with Gasteiger partial charge in [0.25, 0.3) is 0 Å². The van der Waals surface area contributed by atoms with Gasteiger partial charge < -0.3 is 5.32 Å². The molecule has 0 unspecified atom stereocenters. The number of nitrogens with zero attached hydrogens (tertiary/aromatic N) is 2. The van der Waals surface area contributed by atoms with Crippen molar-refractivity contribution in [3.8, 4) is 0 Å². The molecule has 11 heavy (non-hydrogen) atoms. The average Bonchev–Trinajstić information content (AvgIpc) is 2.28. The van der Waals surface area contributed by atoms with Gasteiger partial charge in [-0.3, -0.25) is 0 Å². The first-order chi connectivity index (χ1) is 5.47. The second kappa shape index (κ2) is 2.54. The molecule has 0 bridgehead atoms. The highest BCUT2D eigenvalue weighted by Crippen LogP contribution is 2.23. The Labute approximate surface area is 64.5 Å². The summed E-state index contributed by atoms with van der Waals surface area (Å²) in [6.07, 6.45) is 3.15. The Hall–Kier alpha value is -1.64. The van der Waals surface area contributed by atoms with E-state index in [2.05, 4.69) is 15.3 Å². The summed E-state index contributed by atoms with van der Waals surface area (Å²) in [4.78, 5) is 7.96. The number of hydrogen-bond donors (Lipinski definition) is 1. The van der Waals surface area contributed by atoms with Gasteiger partial charge in [0.15, 0.2) is 0 Å². The van der Waals surface area contributed by atoms with E-state index in [4.69, 9.17) is 0 Å². The fraction of sp³-hybridized carbons (Fsp3) is 0. The Morgan fingerprint density at radius 2 is 2.09 bits per heavy atom. The van der Waals surface area contributed by atoms with Crippen LogP contribution >= 0.6 is 0 Å². The maximum absolute atomic E-state index is 4.10. The highest BCUT2D eigenvalue weighted by Gasteiger charge is 1.97. The van der Waals surface area contributed by atoms with Crippen LogP contribution in [0.5, 0.6) is 0 Å². The van der Waals surface area contributed by atoms with Crippen molar-refractivity contribution in [2.75, 3.05) is 5.32 Å². The number of benzene rings is 1. The third kappa shape index (κ3) is 1.12. The number of anilines is 1. The second-order valence-corrected chi connectivity index (χ2v) is 2.18. The zero-order valence-electron chi connectivity index (χ0n) is 5.86. The van der Waals surface area contributed by atoms with Crippen LogP contribution in [0.4, 0.5) is 11.4 Å². The summed E-state index contributed by atoms with van der Waals surface area (Å²) in [7, 11) is 0. The summed E-state index contributed by atoms with van der Waals surface area (Å²) < 4.78 is 0. The predicted molar refractivity (Wildman–Crippen MR) is 46.7 cm³/mol. The van der Waals surface area contributed by atoms with Crippen molar-refractivity contribution < 1.29 is 0 Å². The molecule has 0 radical (unpaired) electrons.